The van der Waals surface area contributed by atoms with Crippen LogP contribution >= 0.6 is 0 Å². The standard InChI is InChI=1S/C57H41N/c1-38-37-55(58(44-32-28-42(29-33-44)40-16-5-3-6-17-40)45-34-30-43(31-35-45)41-18-7-4-8-19-41)39(2)36-51(38)50-24-15-23-49-48-22-11-14-27-54(48)57(56(49)50)52-25-12-9-20-46(52)47-21-10-13-26-53(47)57/h3-37H,1-2H3. The smallest absolute Gasteiger partial charge is 0.0731 e. The van der Waals surface area contributed by atoms with Gasteiger partial charge in [0.2, 0.25) is 0 Å². The van der Waals surface area contributed by atoms with Crippen LogP contribution in [0.3, 0.4) is 0 Å². The number of nitrogens with zero attached hydrogens (tertiary/aromatic N) is 1. The molecule has 2 aliphatic carbocycles. The summed E-state index contributed by atoms with van der Waals surface area (Å²) < 4.78 is 0. The van der Waals surface area contributed by atoms with Crippen molar-refractivity contribution in [2.75, 3.05) is 4.90 Å². The van der Waals surface area contributed by atoms with E-state index in [1.54, 1.807) is 0 Å². The average Bonchev–Trinajstić information content (AvgIpc) is 3.76. The number of anilines is 3. The SMILES string of the molecule is Cc1cc(N(c2ccc(-c3ccccc3)cc2)c2ccc(-c3ccccc3)cc2)c(C)cc1-c1cccc2c1C1(c3ccccc3-c3ccccc31)c1ccccc1-2. The van der Waals surface area contributed by atoms with Crippen LogP contribution < -0.4 is 4.90 Å². The number of hydrogen-bond acceptors (Lipinski definition) is 1. The van der Waals surface area contributed by atoms with Gasteiger partial charge in [-0.15, -0.1) is 0 Å². The van der Waals surface area contributed by atoms with E-state index in [9.17, 15) is 0 Å². The molecule has 0 radical (unpaired) electrons. The molecule has 1 heteroatoms. The molecule has 0 N–H and O–H groups in total. The van der Waals surface area contributed by atoms with Crippen molar-refractivity contribution in [3.05, 3.63) is 246 Å². The molecule has 9 aromatic rings. The second-order valence-electron chi connectivity index (χ2n) is 15.7. The zero-order chi connectivity index (χ0) is 38.8. The molecular weight excluding hydrogens is 699 g/mol. The van der Waals surface area contributed by atoms with E-state index in [0.717, 1.165) is 11.4 Å². The zero-order valence-electron chi connectivity index (χ0n) is 32.7. The molecule has 1 nitrogen and oxygen atoms in total. The van der Waals surface area contributed by atoms with Gasteiger partial charge in [-0.05, 0) is 139 Å². The molecule has 9 aromatic carbocycles. The minimum atomic E-state index is -0.415. The van der Waals surface area contributed by atoms with Gasteiger partial charge in [-0.1, -0.05) is 176 Å². The average molecular weight is 740 g/mol. The lowest BCUT2D eigenvalue weighted by molar-refractivity contribution is 0.795. The van der Waals surface area contributed by atoms with E-state index in [2.05, 4.69) is 231 Å². The minimum absolute atomic E-state index is 0.415. The van der Waals surface area contributed by atoms with Crippen molar-refractivity contribution in [3.8, 4) is 55.6 Å². The number of fused-ring (bicyclic) bond motifs is 10. The monoisotopic (exact) mass is 739 g/mol. The third kappa shape index (κ3) is 5.10. The Labute approximate surface area is 341 Å². The van der Waals surface area contributed by atoms with Gasteiger partial charge in [0, 0.05) is 17.1 Å². The Balaban J connectivity index is 1.09. The molecule has 11 rings (SSSR count). The Kier molecular flexibility index (Phi) is 7.91. The van der Waals surface area contributed by atoms with Gasteiger partial charge >= 0.3 is 0 Å². The first-order chi connectivity index (χ1) is 28.6. The van der Waals surface area contributed by atoms with Crippen LogP contribution in [0, 0.1) is 13.8 Å². The highest BCUT2D eigenvalue weighted by molar-refractivity contribution is 5.99. The molecule has 0 bridgehead atoms. The maximum absolute atomic E-state index is 2.44. The molecule has 0 amide bonds. The molecule has 0 aromatic heterocycles. The van der Waals surface area contributed by atoms with Crippen molar-refractivity contribution >= 4 is 17.1 Å². The molecule has 2 aliphatic rings. The molecule has 0 unspecified atom stereocenters. The minimum Gasteiger partial charge on any atom is -0.310 e. The Hall–Kier alpha value is -7.22. The quantitative estimate of drug-likeness (QED) is 0.164. The fraction of sp³-hybridized carbons (Fsp3) is 0.0526. The van der Waals surface area contributed by atoms with Gasteiger partial charge in [0.25, 0.3) is 0 Å². The van der Waals surface area contributed by atoms with E-state index >= 15 is 0 Å². The summed E-state index contributed by atoms with van der Waals surface area (Å²) in [6.07, 6.45) is 0. The second-order valence-corrected chi connectivity index (χ2v) is 15.7. The number of benzene rings is 9. The van der Waals surface area contributed by atoms with Crippen LogP contribution in [0.15, 0.2) is 212 Å². The number of aryl methyl sites for hydroxylation is 2. The normalized spacial score (nSPS) is 12.8. The molecule has 0 aliphatic heterocycles. The van der Waals surface area contributed by atoms with Crippen LogP contribution in [-0.4, -0.2) is 0 Å². The third-order valence-corrected chi connectivity index (χ3v) is 12.6. The lowest BCUT2D eigenvalue weighted by atomic mass is 9.68. The summed E-state index contributed by atoms with van der Waals surface area (Å²) >= 11 is 0. The predicted molar refractivity (Wildman–Crippen MR) is 243 cm³/mol. The molecular formula is C57H41N. The molecule has 58 heavy (non-hydrogen) atoms. The third-order valence-electron chi connectivity index (χ3n) is 12.6. The van der Waals surface area contributed by atoms with Crippen molar-refractivity contribution in [3.63, 3.8) is 0 Å². The van der Waals surface area contributed by atoms with Crippen molar-refractivity contribution in [1.82, 2.24) is 0 Å². The zero-order valence-corrected chi connectivity index (χ0v) is 32.7. The first-order valence-electron chi connectivity index (χ1n) is 20.3. The van der Waals surface area contributed by atoms with Crippen molar-refractivity contribution in [2.24, 2.45) is 0 Å². The summed E-state index contributed by atoms with van der Waals surface area (Å²) in [7, 11) is 0. The highest BCUT2D eigenvalue weighted by Gasteiger charge is 2.52. The second kappa shape index (κ2) is 13.5. The number of rotatable bonds is 6. The van der Waals surface area contributed by atoms with Gasteiger partial charge in [-0.3, -0.25) is 0 Å². The van der Waals surface area contributed by atoms with Crippen LogP contribution in [0.4, 0.5) is 17.1 Å². The highest BCUT2D eigenvalue weighted by Crippen LogP contribution is 2.64. The van der Waals surface area contributed by atoms with Gasteiger partial charge in [-0.25, -0.2) is 0 Å². The van der Waals surface area contributed by atoms with E-state index < -0.39 is 5.41 Å². The summed E-state index contributed by atoms with van der Waals surface area (Å²) in [5, 5.41) is 0. The van der Waals surface area contributed by atoms with Crippen LogP contribution in [0.25, 0.3) is 55.6 Å². The fourth-order valence-corrected chi connectivity index (χ4v) is 10.0. The topological polar surface area (TPSA) is 3.24 Å². The van der Waals surface area contributed by atoms with Crippen molar-refractivity contribution in [1.29, 1.82) is 0 Å². The Morgan fingerprint density at radius 1 is 0.310 bits per heavy atom. The Morgan fingerprint density at radius 3 is 1.17 bits per heavy atom. The fourth-order valence-electron chi connectivity index (χ4n) is 10.0. The van der Waals surface area contributed by atoms with E-state index in [0.29, 0.717) is 0 Å². The number of hydrogen-bond donors (Lipinski definition) is 0. The molecule has 1 spiro atoms. The Morgan fingerprint density at radius 2 is 0.690 bits per heavy atom. The molecule has 0 saturated carbocycles. The highest BCUT2D eigenvalue weighted by atomic mass is 15.1. The summed E-state index contributed by atoms with van der Waals surface area (Å²) in [5.41, 5.74) is 23.6. The van der Waals surface area contributed by atoms with Crippen molar-refractivity contribution < 1.29 is 0 Å². The molecule has 0 heterocycles. The van der Waals surface area contributed by atoms with Gasteiger partial charge in [0.15, 0.2) is 0 Å². The van der Waals surface area contributed by atoms with Gasteiger partial charge < -0.3 is 4.90 Å². The maximum atomic E-state index is 2.44. The summed E-state index contributed by atoms with van der Waals surface area (Å²) in [5.74, 6) is 0. The lowest BCUT2D eigenvalue weighted by Gasteiger charge is -2.33. The van der Waals surface area contributed by atoms with Gasteiger partial charge in [0.1, 0.15) is 0 Å². The van der Waals surface area contributed by atoms with Crippen LogP contribution in [-0.2, 0) is 5.41 Å². The van der Waals surface area contributed by atoms with Crippen LogP contribution in [0.2, 0.25) is 0 Å². The van der Waals surface area contributed by atoms with E-state index in [-0.39, 0.29) is 0 Å². The summed E-state index contributed by atoms with van der Waals surface area (Å²) in [4.78, 5) is 2.42. The lowest BCUT2D eigenvalue weighted by Crippen LogP contribution is -2.26. The Bertz CT molecular complexity index is 2850. The van der Waals surface area contributed by atoms with E-state index in [1.165, 1.54) is 94.7 Å². The largest absolute Gasteiger partial charge is 0.310 e. The first-order valence-corrected chi connectivity index (χ1v) is 20.3. The van der Waals surface area contributed by atoms with Crippen LogP contribution in [0.1, 0.15) is 33.4 Å². The molecule has 0 fully saturated rings. The molecule has 0 atom stereocenters. The molecule has 274 valence electrons. The van der Waals surface area contributed by atoms with Gasteiger partial charge in [-0.2, -0.15) is 0 Å². The van der Waals surface area contributed by atoms with E-state index in [4.69, 9.17) is 0 Å². The summed E-state index contributed by atoms with van der Waals surface area (Å²) in [6, 6.07) is 78.3. The van der Waals surface area contributed by atoms with Gasteiger partial charge in [0.05, 0.1) is 5.41 Å². The van der Waals surface area contributed by atoms with Crippen molar-refractivity contribution in [2.45, 2.75) is 19.3 Å². The summed E-state index contributed by atoms with van der Waals surface area (Å²) in [6.45, 7) is 4.56. The first kappa shape index (κ1) is 34.1. The predicted octanol–water partition coefficient (Wildman–Crippen LogP) is 15.1. The van der Waals surface area contributed by atoms with E-state index in [1.807, 2.05) is 0 Å². The van der Waals surface area contributed by atoms with Crippen LogP contribution in [0.5, 0.6) is 0 Å². The molecule has 0 saturated heterocycles. The maximum Gasteiger partial charge on any atom is 0.0731 e.